The summed E-state index contributed by atoms with van der Waals surface area (Å²) in [6, 6.07) is 0. The molecule has 3 heterocycles. The van der Waals surface area contributed by atoms with Gasteiger partial charge in [0.15, 0.2) is 17.3 Å². The topological polar surface area (TPSA) is 98.2 Å². The number of carbonyl (C=O) groups is 1. The van der Waals surface area contributed by atoms with Crippen molar-refractivity contribution in [3.8, 4) is 0 Å². The summed E-state index contributed by atoms with van der Waals surface area (Å²) in [7, 11) is 0. The largest absolute Gasteiger partial charge is 0.381 e. The Morgan fingerprint density at radius 3 is 3.04 bits per heavy atom. The van der Waals surface area contributed by atoms with E-state index in [1.807, 2.05) is 6.92 Å². The summed E-state index contributed by atoms with van der Waals surface area (Å²) in [5, 5.41) is 7.52. The molecule has 0 spiro atoms. The number of carbonyl (C=O) groups excluding carboxylic acids is 1. The Morgan fingerprint density at radius 1 is 1.52 bits per heavy atom. The second-order valence-corrected chi connectivity index (χ2v) is 6.31. The van der Waals surface area contributed by atoms with Crippen LogP contribution in [0.2, 0.25) is 0 Å². The Labute approximate surface area is 134 Å². The molecule has 1 fully saturated rings. The quantitative estimate of drug-likeness (QED) is 0.767. The minimum atomic E-state index is -0.555. The van der Waals surface area contributed by atoms with Gasteiger partial charge < -0.3 is 11.1 Å². The fourth-order valence-electron chi connectivity index (χ4n) is 2.63. The highest BCUT2D eigenvalue weighted by Crippen LogP contribution is 2.46. The van der Waals surface area contributed by atoms with Gasteiger partial charge in [-0.15, -0.1) is 5.10 Å². The average molecular weight is 332 g/mol. The lowest BCUT2D eigenvalue weighted by molar-refractivity contribution is 0.102. The van der Waals surface area contributed by atoms with Gasteiger partial charge in [0.25, 0.3) is 5.91 Å². The number of nitrogens with one attached hydrogen (secondary N) is 1. The van der Waals surface area contributed by atoms with Gasteiger partial charge in [-0.05, 0) is 37.2 Å². The molecule has 1 amide bonds. The first-order chi connectivity index (χ1) is 11.0. The van der Waals surface area contributed by atoms with Crippen molar-refractivity contribution in [1.82, 2.24) is 19.0 Å². The van der Waals surface area contributed by atoms with E-state index in [0.717, 1.165) is 41.5 Å². The maximum atomic E-state index is 13.2. The number of nitrogens with two attached hydrogens (primary N) is 1. The van der Waals surface area contributed by atoms with E-state index in [-0.39, 0.29) is 17.0 Å². The maximum Gasteiger partial charge on any atom is 0.264 e. The molecule has 1 aliphatic carbocycles. The Bertz CT molecular complexity index is 929. The van der Waals surface area contributed by atoms with E-state index in [9.17, 15) is 9.18 Å². The van der Waals surface area contributed by atoms with Gasteiger partial charge in [-0.2, -0.15) is 4.37 Å². The fraction of sp³-hybridized carbons (Fsp3) is 0.286. The van der Waals surface area contributed by atoms with Gasteiger partial charge in [-0.25, -0.2) is 13.9 Å². The smallest absolute Gasteiger partial charge is 0.264 e. The summed E-state index contributed by atoms with van der Waals surface area (Å²) in [4.78, 5) is 16.5. The number of anilines is 2. The molecule has 0 radical (unpaired) electrons. The second-order valence-electron chi connectivity index (χ2n) is 5.54. The average Bonchev–Trinajstić information content (AvgIpc) is 3.18. The number of hydrogen-bond donors (Lipinski definition) is 2. The van der Waals surface area contributed by atoms with Crippen LogP contribution < -0.4 is 11.1 Å². The maximum absolute atomic E-state index is 13.2. The van der Waals surface area contributed by atoms with Gasteiger partial charge in [0, 0.05) is 5.56 Å². The molecule has 0 bridgehead atoms. The molecule has 3 aromatic rings. The second kappa shape index (κ2) is 4.98. The minimum absolute atomic E-state index is 0.00908. The number of hydrogen-bond acceptors (Lipinski definition) is 6. The zero-order chi connectivity index (χ0) is 16.1. The molecule has 1 aliphatic rings. The molecule has 3 N–H and O–H groups in total. The minimum Gasteiger partial charge on any atom is -0.381 e. The van der Waals surface area contributed by atoms with Crippen molar-refractivity contribution in [3.05, 3.63) is 35.0 Å². The number of nitrogen functional groups attached to an aromatic ring is 1. The SMILES string of the molecule is Cc1nsc(NC(=O)c2c(N)nn3cc(F)cnc23)c1C1CC1. The molecule has 0 atom stereocenters. The first kappa shape index (κ1) is 14.1. The zero-order valence-electron chi connectivity index (χ0n) is 12.2. The normalized spacial score (nSPS) is 14.3. The Hall–Kier alpha value is -2.55. The van der Waals surface area contributed by atoms with Crippen LogP contribution in [0.1, 0.15) is 40.4 Å². The number of fused-ring (bicyclic) bond motifs is 1. The highest BCUT2D eigenvalue weighted by Gasteiger charge is 2.31. The zero-order valence-corrected chi connectivity index (χ0v) is 13.0. The van der Waals surface area contributed by atoms with Crippen LogP contribution in [0.15, 0.2) is 12.4 Å². The van der Waals surface area contributed by atoms with Crippen LogP contribution in [0.4, 0.5) is 15.2 Å². The Morgan fingerprint density at radius 2 is 2.30 bits per heavy atom. The summed E-state index contributed by atoms with van der Waals surface area (Å²) in [6.07, 6.45) is 4.38. The first-order valence-corrected chi connectivity index (χ1v) is 7.89. The van der Waals surface area contributed by atoms with Gasteiger partial charge in [0.2, 0.25) is 0 Å². The number of nitrogens with zero attached hydrogens (tertiary/aromatic N) is 4. The van der Waals surface area contributed by atoms with E-state index in [2.05, 4.69) is 19.8 Å². The van der Waals surface area contributed by atoms with Crippen LogP contribution in [0.25, 0.3) is 5.65 Å². The summed E-state index contributed by atoms with van der Waals surface area (Å²) in [6.45, 7) is 1.94. The summed E-state index contributed by atoms with van der Waals surface area (Å²) in [5.41, 5.74) is 8.20. The van der Waals surface area contributed by atoms with Gasteiger partial charge >= 0.3 is 0 Å². The molecule has 4 rings (SSSR count). The van der Waals surface area contributed by atoms with Crippen molar-refractivity contribution in [1.29, 1.82) is 0 Å². The van der Waals surface area contributed by atoms with Crippen molar-refractivity contribution >= 4 is 33.9 Å². The van der Waals surface area contributed by atoms with Crippen LogP contribution in [0.5, 0.6) is 0 Å². The molecule has 0 aliphatic heterocycles. The van der Waals surface area contributed by atoms with Gasteiger partial charge in [0.05, 0.1) is 18.1 Å². The molecule has 0 unspecified atom stereocenters. The first-order valence-electron chi connectivity index (χ1n) is 7.11. The molecule has 9 heteroatoms. The third-order valence-electron chi connectivity index (χ3n) is 3.82. The van der Waals surface area contributed by atoms with E-state index in [1.165, 1.54) is 16.0 Å². The number of rotatable bonds is 3. The van der Waals surface area contributed by atoms with Crippen molar-refractivity contribution in [2.45, 2.75) is 25.7 Å². The molecule has 118 valence electrons. The van der Waals surface area contributed by atoms with E-state index in [0.29, 0.717) is 5.92 Å². The van der Waals surface area contributed by atoms with Gasteiger partial charge in [-0.1, -0.05) is 0 Å². The van der Waals surface area contributed by atoms with E-state index >= 15 is 0 Å². The lowest BCUT2D eigenvalue weighted by Gasteiger charge is -2.05. The highest BCUT2D eigenvalue weighted by molar-refractivity contribution is 7.10. The van der Waals surface area contributed by atoms with Crippen LogP contribution in [0, 0.1) is 12.7 Å². The standard InChI is InChI=1S/C14H13FN6OS/c1-6-9(7-2-3-7)14(23-20-6)18-13(22)10-11(16)19-21-5-8(15)4-17-12(10)21/h4-5,7H,2-3H2,1H3,(H2,16,19)(H,18,22). The van der Waals surface area contributed by atoms with E-state index < -0.39 is 11.7 Å². The molecular weight excluding hydrogens is 319 g/mol. The summed E-state index contributed by atoms with van der Waals surface area (Å²) < 4.78 is 18.7. The summed E-state index contributed by atoms with van der Waals surface area (Å²) in [5.74, 6) is -0.490. The highest BCUT2D eigenvalue weighted by atomic mass is 32.1. The van der Waals surface area contributed by atoms with Crippen molar-refractivity contribution in [3.63, 3.8) is 0 Å². The third-order valence-corrected chi connectivity index (χ3v) is 4.69. The number of halogens is 1. The number of amides is 1. The molecule has 1 saturated carbocycles. The monoisotopic (exact) mass is 332 g/mol. The van der Waals surface area contributed by atoms with Gasteiger partial charge in [0.1, 0.15) is 10.6 Å². The Kier molecular flexibility index (Phi) is 3.05. The molecule has 3 aromatic heterocycles. The van der Waals surface area contributed by atoms with Crippen molar-refractivity contribution in [2.24, 2.45) is 0 Å². The van der Waals surface area contributed by atoms with Gasteiger partial charge in [-0.3, -0.25) is 4.79 Å². The van der Waals surface area contributed by atoms with Crippen LogP contribution >= 0.6 is 11.5 Å². The van der Waals surface area contributed by atoms with Crippen LogP contribution in [0.3, 0.4) is 0 Å². The van der Waals surface area contributed by atoms with Crippen molar-refractivity contribution < 1.29 is 9.18 Å². The molecular formula is C14H13FN6OS. The summed E-state index contributed by atoms with van der Waals surface area (Å²) >= 11 is 1.25. The van der Waals surface area contributed by atoms with Crippen LogP contribution in [-0.4, -0.2) is 24.9 Å². The van der Waals surface area contributed by atoms with Crippen molar-refractivity contribution in [2.75, 3.05) is 11.1 Å². The lowest BCUT2D eigenvalue weighted by atomic mass is 10.1. The van der Waals surface area contributed by atoms with E-state index in [1.54, 1.807) is 0 Å². The predicted octanol–water partition coefficient (Wildman–Crippen LogP) is 2.35. The predicted molar refractivity (Wildman–Crippen MR) is 84.1 cm³/mol. The molecule has 23 heavy (non-hydrogen) atoms. The number of aromatic nitrogens is 4. The lowest BCUT2D eigenvalue weighted by Crippen LogP contribution is -2.14. The van der Waals surface area contributed by atoms with Crippen LogP contribution in [-0.2, 0) is 0 Å². The molecule has 7 nitrogen and oxygen atoms in total. The molecule has 0 saturated heterocycles. The molecule has 0 aromatic carbocycles. The number of aryl methyl sites for hydroxylation is 1. The Balaban J connectivity index is 1.71. The fourth-order valence-corrected chi connectivity index (χ4v) is 3.51. The third kappa shape index (κ3) is 2.33. The van der Waals surface area contributed by atoms with E-state index in [4.69, 9.17) is 5.73 Å².